The van der Waals surface area contributed by atoms with Crippen LogP contribution in [0.2, 0.25) is 0 Å². The minimum Gasteiger partial charge on any atom is -0.314 e. The SMILES string of the molecule is CC(C)C1=NC2CCCC2C(=O)N1. The van der Waals surface area contributed by atoms with E-state index >= 15 is 0 Å². The Hall–Kier alpha value is -0.860. The number of carbonyl (C=O) groups is 1. The smallest absolute Gasteiger partial charge is 0.230 e. The van der Waals surface area contributed by atoms with Crippen LogP contribution in [0.3, 0.4) is 0 Å². The maximum Gasteiger partial charge on any atom is 0.230 e. The number of carbonyl (C=O) groups excluding carboxylic acids is 1. The summed E-state index contributed by atoms with van der Waals surface area (Å²) in [5.41, 5.74) is 0. The predicted octanol–water partition coefficient (Wildman–Crippen LogP) is 1.34. The number of fused-ring (bicyclic) bond motifs is 1. The molecule has 1 saturated carbocycles. The summed E-state index contributed by atoms with van der Waals surface area (Å²) < 4.78 is 0. The topological polar surface area (TPSA) is 41.5 Å². The summed E-state index contributed by atoms with van der Waals surface area (Å²) in [5.74, 6) is 1.59. The highest BCUT2D eigenvalue weighted by atomic mass is 16.2. The number of hydrogen-bond donors (Lipinski definition) is 1. The summed E-state index contributed by atoms with van der Waals surface area (Å²) in [6.45, 7) is 4.13. The Bertz CT molecular complexity index is 258. The molecule has 2 aliphatic rings. The van der Waals surface area contributed by atoms with Gasteiger partial charge in [0.1, 0.15) is 5.84 Å². The number of aliphatic imine (C=N–C) groups is 1. The molecule has 3 nitrogen and oxygen atoms in total. The van der Waals surface area contributed by atoms with Gasteiger partial charge in [-0.25, -0.2) is 0 Å². The van der Waals surface area contributed by atoms with Gasteiger partial charge in [-0.1, -0.05) is 20.3 Å². The van der Waals surface area contributed by atoms with E-state index < -0.39 is 0 Å². The second-order valence-electron chi connectivity index (χ2n) is 4.26. The summed E-state index contributed by atoms with van der Waals surface area (Å²) in [6.07, 6.45) is 3.26. The number of nitrogens with zero attached hydrogens (tertiary/aromatic N) is 1. The molecule has 1 fully saturated rings. The van der Waals surface area contributed by atoms with Crippen LogP contribution in [0.4, 0.5) is 0 Å². The zero-order chi connectivity index (χ0) is 9.42. The molecule has 1 amide bonds. The minimum absolute atomic E-state index is 0.169. The zero-order valence-corrected chi connectivity index (χ0v) is 8.21. The van der Waals surface area contributed by atoms with Crippen molar-refractivity contribution < 1.29 is 4.79 Å². The normalized spacial score (nSPS) is 32.8. The number of hydrogen-bond acceptors (Lipinski definition) is 2. The number of nitrogens with one attached hydrogen (secondary N) is 1. The van der Waals surface area contributed by atoms with Crippen LogP contribution in [0, 0.1) is 11.8 Å². The predicted molar refractivity (Wildman–Crippen MR) is 51.5 cm³/mol. The van der Waals surface area contributed by atoms with Crippen molar-refractivity contribution in [1.29, 1.82) is 0 Å². The fourth-order valence-electron chi connectivity index (χ4n) is 2.12. The van der Waals surface area contributed by atoms with E-state index in [1.165, 1.54) is 0 Å². The first-order valence-corrected chi connectivity index (χ1v) is 5.07. The second kappa shape index (κ2) is 3.13. The largest absolute Gasteiger partial charge is 0.314 e. The van der Waals surface area contributed by atoms with E-state index in [0.717, 1.165) is 25.1 Å². The highest BCUT2D eigenvalue weighted by molar-refractivity contribution is 6.02. The quantitative estimate of drug-likeness (QED) is 0.650. The van der Waals surface area contributed by atoms with E-state index in [1.807, 2.05) is 0 Å². The van der Waals surface area contributed by atoms with Crippen LogP contribution in [-0.4, -0.2) is 17.8 Å². The van der Waals surface area contributed by atoms with Crippen LogP contribution in [0.5, 0.6) is 0 Å². The maximum absolute atomic E-state index is 11.6. The molecule has 1 heterocycles. The lowest BCUT2D eigenvalue weighted by Gasteiger charge is -2.25. The molecule has 3 heteroatoms. The van der Waals surface area contributed by atoms with Gasteiger partial charge in [-0.3, -0.25) is 9.79 Å². The minimum atomic E-state index is 0.169. The molecule has 0 aromatic carbocycles. The Labute approximate surface area is 78.6 Å². The van der Waals surface area contributed by atoms with Crippen molar-refractivity contribution in [3.8, 4) is 0 Å². The lowest BCUT2D eigenvalue weighted by molar-refractivity contribution is -0.124. The lowest BCUT2D eigenvalue weighted by atomic mass is 10.00. The molecule has 72 valence electrons. The standard InChI is InChI=1S/C10H16N2O/c1-6(2)9-11-8-5-3-4-7(8)10(13)12-9/h6-8H,3-5H2,1-2H3,(H,11,12,13). The summed E-state index contributed by atoms with van der Waals surface area (Å²) in [7, 11) is 0. The lowest BCUT2D eigenvalue weighted by Crippen LogP contribution is -2.45. The first kappa shape index (κ1) is 8.73. The van der Waals surface area contributed by atoms with Crippen molar-refractivity contribution in [2.45, 2.75) is 39.2 Å². The number of amidine groups is 1. The van der Waals surface area contributed by atoms with E-state index in [2.05, 4.69) is 24.2 Å². The van der Waals surface area contributed by atoms with Crippen molar-refractivity contribution in [2.24, 2.45) is 16.8 Å². The molecule has 1 N–H and O–H groups in total. The molecule has 13 heavy (non-hydrogen) atoms. The highest BCUT2D eigenvalue weighted by Crippen LogP contribution is 2.30. The average molecular weight is 180 g/mol. The molecule has 0 radical (unpaired) electrons. The molecule has 0 aromatic heterocycles. The Kier molecular flexibility index (Phi) is 2.10. The molecule has 0 saturated heterocycles. The molecule has 2 atom stereocenters. The number of amides is 1. The Balaban J connectivity index is 2.21. The Morgan fingerprint density at radius 1 is 1.46 bits per heavy atom. The molecule has 1 aliphatic carbocycles. The third-order valence-corrected chi connectivity index (χ3v) is 2.92. The van der Waals surface area contributed by atoms with Gasteiger partial charge in [0.15, 0.2) is 0 Å². The van der Waals surface area contributed by atoms with Crippen LogP contribution >= 0.6 is 0 Å². The highest BCUT2D eigenvalue weighted by Gasteiger charge is 2.36. The van der Waals surface area contributed by atoms with Crippen molar-refractivity contribution in [3.05, 3.63) is 0 Å². The van der Waals surface area contributed by atoms with E-state index in [4.69, 9.17) is 0 Å². The first-order chi connectivity index (χ1) is 6.18. The maximum atomic E-state index is 11.6. The molecule has 2 unspecified atom stereocenters. The molecule has 1 aliphatic heterocycles. The first-order valence-electron chi connectivity index (χ1n) is 5.07. The van der Waals surface area contributed by atoms with Gasteiger partial charge in [-0.2, -0.15) is 0 Å². The van der Waals surface area contributed by atoms with Crippen LogP contribution in [0.1, 0.15) is 33.1 Å². The van der Waals surface area contributed by atoms with Crippen molar-refractivity contribution in [3.63, 3.8) is 0 Å². The van der Waals surface area contributed by atoms with Gasteiger partial charge in [0.25, 0.3) is 0 Å². The molecule has 0 spiro atoms. The summed E-state index contributed by atoms with van der Waals surface area (Å²) in [5, 5.41) is 2.90. The average Bonchev–Trinajstić information content (AvgIpc) is 2.51. The van der Waals surface area contributed by atoms with Gasteiger partial charge in [-0.15, -0.1) is 0 Å². The van der Waals surface area contributed by atoms with Gasteiger partial charge in [0.05, 0.1) is 12.0 Å². The van der Waals surface area contributed by atoms with E-state index in [1.54, 1.807) is 0 Å². The second-order valence-corrected chi connectivity index (χ2v) is 4.26. The third kappa shape index (κ3) is 1.47. The van der Waals surface area contributed by atoms with Crippen LogP contribution in [-0.2, 0) is 4.79 Å². The van der Waals surface area contributed by atoms with Gasteiger partial charge in [0, 0.05) is 5.92 Å². The monoisotopic (exact) mass is 180 g/mol. The molecular formula is C10H16N2O. The molecule has 0 aromatic rings. The fourth-order valence-corrected chi connectivity index (χ4v) is 2.12. The Morgan fingerprint density at radius 2 is 2.23 bits per heavy atom. The van der Waals surface area contributed by atoms with Crippen molar-refractivity contribution >= 4 is 11.7 Å². The van der Waals surface area contributed by atoms with Crippen LogP contribution < -0.4 is 5.32 Å². The van der Waals surface area contributed by atoms with Gasteiger partial charge >= 0.3 is 0 Å². The molecular weight excluding hydrogens is 164 g/mol. The van der Waals surface area contributed by atoms with Gasteiger partial charge < -0.3 is 5.32 Å². The van der Waals surface area contributed by atoms with E-state index in [9.17, 15) is 4.79 Å². The summed E-state index contributed by atoms with van der Waals surface area (Å²) in [6, 6.07) is 0.283. The fraction of sp³-hybridized carbons (Fsp3) is 0.800. The van der Waals surface area contributed by atoms with Gasteiger partial charge in [0.2, 0.25) is 5.91 Å². The number of rotatable bonds is 1. The van der Waals surface area contributed by atoms with Crippen LogP contribution in [0.25, 0.3) is 0 Å². The van der Waals surface area contributed by atoms with E-state index in [-0.39, 0.29) is 17.9 Å². The third-order valence-electron chi connectivity index (χ3n) is 2.92. The molecule has 2 rings (SSSR count). The van der Waals surface area contributed by atoms with Crippen molar-refractivity contribution in [1.82, 2.24) is 5.32 Å². The van der Waals surface area contributed by atoms with Crippen LogP contribution in [0.15, 0.2) is 4.99 Å². The van der Waals surface area contributed by atoms with Gasteiger partial charge in [-0.05, 0) is 12.8 Å². The summed E-state index contributed by atoms with van der Waals surface area (Å²) >= 11 is 0. The van der Waals surface area contributed by atoms with E-state index in [0.29, 0.717) is 5.92 Å². The zero-order valence-electron chi connectivity index (χ0n) is 8.21. The van der Waals surface area contributed by atoms with Crippen molar-refractivity contribution in [2.75, 3.05) is 0 Å². The molecule has 0 bridgehead atoms. The Morgan fingerprint density at radius 3 is 2.92 bits per heavy atom. The summed E-state index contributed by atoms with van der Waals surface area (Å²) in [4.78, 5) is 16.2.